The van der Waals surface area contributed by atoms with Crippen LogP contribution in [0.25, 0.3) is 0 Å². The first-order chi connectivity index (χ1) is 18.6. The minimum absolute atomic E-state index is 0.139. The number of hydrogen-bond acceptors (Lipinski definition) is 7. The van der Waals surface area contributed by atoms with Crippen LogP contribution in [0.3, 0.4) is 0 Å². The van der Waals surface area contributed by atoms with E-state index in [2.05, 4.69) is 5.32 Å². The molecule has 2 unspecified atom stereocenters. The molecule has 2 saturated heterocycles. The largest absolute Gasteiger partial charge is 0.461 e. The van der Waals surface area contributed by atoms with Gasteiger partial charge in [-0.3, -0.25) is 14.4 Å². The van der Waals surface area contributed by atoms with Gasteiger partial charge in [0.15, 0.2) is 12.1 Å². The highest BCUT2D eigenvalue weighted by atomic mass is 32.2. The Balaban J connectivity index is 1.34. The number of amides is 2. The van der Waals surface area contributed by atoms with Gasteiger partial charge in [0.1, 0.15) is 17.5 Å². The van der Waals surface area contributed by atoms with E-state index in [9.17, 15) is 19.2 Å². The quantitative estimate of drug-likeness (QED) is 0.258. The van der Waals surface area contributed by atoms with Crippen LogP contribution in [0.15, 0.2) is 91.0 Å². The number of benzene rings is 3. The van der Waals surface area contributed by atoms with E-state index in [0.29, 0.717) is 0 Å². The summed E-state index contributed by atoms with van der Waals surface area (Å²) in [6.07, 6.45) is -1.45. The smallest absolute Gasteiger partial charge is 0.333 e. The minimum atomic E-state index is -1.13. The minimum Gasteiger partial charge on any atom is -0.461 e. The van der Waals surface area contributed by atoms with Crippen LogP contribution in [0.5, 0.6) is 0 Å². The van der Waals surface area contributed by atoms with E-state index in [1.165, 1.54) is 16.7 Å². The number of thioether (sulfide) groups is 1. The summed E-state index contributed by atoms with van der Waals surface area (Å²) in [4.78, 5) is 52.1. The second-order valence-corrected chi connectivity index (χ2v) is 10.2. The number of esters is 1. The van der Waals surface area contributed by atoms with Gasteiger partial charge in [-0.2, -0.15) is 0 Å². The first kappa shape index (κ1) is 25.5. The number of carbonyl (C=O) groups is 4. The monoisotopic (exact) mass is 530 g/mol. The van der Waals surface area contributed by atoms with Gasteiger partial charge in [-0.25, -0.2) is 4.79 Å². The Morgan fingerprint density at radius 3 is 2.11 bits per heavy atom. The predicted octanol–water partition coefficient (Wildman–Crippen LogP) is 2.87. The molecular formula is C29H26N2O6S. The Kier molecular flexibility index (Phi) is 7.74. The summed E-state index contributed by atoms with van der Waals surface area (Å²) in [5.74, 6) is -1.10. The fourth-order valence-electron chi connectivity index (χ4n) is 4.78. The van der Waals surface area contributed by atoms with Gasteiger partial charge in [0.25, 0.3) is 6.47 Å². The molecular weight excluding hydrogens is 504 g/mol. The van der Waals surface area contributed by atoms with Crippen LogP contribution in [0.2, 0.25) is 0 Å². The zero-order valence-electron chi connectivity index (χ0n) is 20.3. The van der Waals surface area contributed by atoms with Crippen LogP contribution < -0.4 is 5.32 Å². The maximum Gasteiger partial charge on any atom is 0.333 e. The van der Waals surface area contributed by atoms with Crippen LogP contribution in [0, 0.1) is 0 Å². The third-order valence-electron chi connectivity index (χ3n) is 6.60. The third kappa shape index (κ3) is 5.28. The van der Waals surface area contributed by atoms with Crippen molar-refractivity contribution in [3.8, 4) is 0 Å². The van der Waals surface area contributed by atoms with Crippen LogP contribution in [-0.2, 0) is 35.1 Å². The topological polar surface area (TPSA) is 102 Å². The number of fused-ring (bicyclic) bond motifs is 1. The molecule has 2 aliphatic heterocycles. The zero-order valence-corrected chi connectivity index (χ0v) is 21.2. The molecule has 4 atom stereocenters. The fraction of sp³-hybridized carbons (Fsp3) is 0.241. The molecule has 3 aromatic carbocycles. The van der Waals surface area contributed by atoms with Crippen LogP contribution in [0.4, 0.5) is 0 Å². The van der Waals surface area contributed by atoms with Crippen molar-refractivity contribution in [2.45, 2.75) is 36.1 Å². The summed E-state index contributed by atoms with van der Waals surface area (Å²) in [7, 11) is 0. The molecule has 194 valence electrons. The van der Waals surface area contributed by atoms with Crippen molar-refractivity contribution >= 4 is 36.0 Å². The van der Waals surface area contributed by atoms with E-state index >= 15 is 0 Å². The molecule has 2 aliphatic rings. The Labute approximate surface area is 224 Å². The van der Waals surface area contributed by atoms with E-state index in [0.717, 1.165) is 16.7 Å². The van der Waals surface area contributed by atoms with Crippen molar-refractivity contribution in [3.05, 3.63) is 108 Å². The van der Waals surface area contributed by atoms with Crippen molar-refractivity contribution < 1.29 is 28.7 Å². The summed E-state index contributed by atoms with van der Waals surface area (Å²) < 4.78 is 11.2. The zero-order chi connectivity index (χ0) is 26.5. The molecule has 0 aromatic heterocycles. The van der Waals surface area contributed by atoms with Crippen LogP contribution in [-0.4, -0.2) is 58.5 Å². The number of β-lactam (4-membered cyclic amide) rings is 1. The molecule has 38 heavy (non-hydrogen) atoms. The Morgan fingerprint density at radius 2 is 1.53 bits per heavy atom. The van der Waals surface area contributed by atoms with E-state index in [1.807, 2.05) is 91.0 Å². The van der Waals surface area contributed by atoms with Crippen LogP contribution in [0.1, 0.15) is 22.8 Å². The molecule has 0 spiro atoms. The average Bonchev–Trinajstić information content (AvgIpc) is 2.96. The standard InChI is InChI=1S/C29H26N2O6S/c32-18-36-22-17-38-28-24(30-23(33)16-19-10-4-1-5-11-19)27(34)31(28)25(22)29(35)37-26(20-12-6-2-7-13-20)21-14-8-3-9-15-21/h1-15,18,22,24-26,28H,16-17H2,(H,30,33)/t22?,24-,25?,28+/m1/s1. The molecule has 2 amide bonds. The van der Waals surface area contributed by atoms with Crippen molar-refractivity contribution in [1.82, 2.24) is 10.2 Å². The fourth-order valence-corrected chi connectivity index (χ4v) is 6.20. The lowest BCUT2D eigenvalue weighted by Gasteiger charge is -2.53. The molecule has 2 fully saturated rings. The van der Waals surface area contributed by atoms with Gasteiger partial charge < -0.3 is 19.7 Å². The van der Waals surface area contributed by atoms with Crippen molar-refractivity contribution in [3.63, 3.8) is 0 Å². The van der Waals surface area contributed by atoms with Crippen molar-refractivity contribution in [2.24, 2.45) is 0 Å². The van der Waals surface area contributed by atoms with Gasteiger partial charge in [-0.1, -0.05) is 91.0 Å². The highest BCUT2D eigenvalue weighted by Crippen LogP contribution is 2.40. The number of nitrogens with one attached hydrogen (secondary N) is 1. The van der Waals surface area contributed by atoms with E-state index in [1.54, 1.807) is 0 Å². The Bertz CT molecular complexity index is 1250. The normalized spacial score (nSPS) is 22.1. The molecule has 0 aliphatic carbocycles. The first-order valence-corrected chi connectivity index (χ1v) is 13.3. The maximum absolute atomic E-state index is 13.6. The lowest BCUT2D eigenvalue weighted by molar-refractivity contribution is -0.176. The second-order valence-electron chi connectivity index (χ2n) is 9.03. The molecule has 8 nitrogen and oxygen atoms in total. The molecule has 0 radical (unpaired) electrons. The molecule has 1 N–H and O–H groups in total. The first-order valence-electron chi connectivity index (χ1n) is 12.2. The summed E-state index contributed by atoms with van der Waals surface area (Å²) in [5, 5.41) is 2.33. The van der Waals surface area contributed by atoms with Crippen molar-refractivity contribution in [2.75, 3.05) is 5.75 Å². The molecule has 2 heterocycles. The molecule has 0 bridgehead atoms. The molecule has 5 rings (SSSR count). The molecule has 0 saturated carbocycles. The highest BCUT2D eigenvalue weighted by Gasteiger charge is 2.59. The van der Waals surface area contributed by atoms with Gasteiger partial charge in [0, 0.05) is 5.75 Å². The molecule has 3 aromatic rings. The van der Waals surface area contributed by atoms with Crippen molar-refractivity contribution in [1.29, 1.82) is 0 Å². The maximum atomic E-state index is 13.6. The lowest BCUT2D eigenvalue weighted by atomic mass is 9.98. The number of ether oxygens (including phenoxy) is 2. The third-order valence-corrected chi connectivity index (χ3v) is 7.96. The van der Waals surface area contributed by atoms with E-state index < -0.39 is 41.5 Å². The second kappa shape index (κ2) is 11.5. The lowest BCUT2D eigenvalue weighted by Crippen LogP contribution is -2.77. The summed E-state index contributed by atoms with van der Waals surface area (Å²) in [6.45, 7) is 0.279. The SMILES string of the molecule is O=COC1CS[C@H]2[C@H](NC(=O)Cc3ccccc3)C(=O)N2C1C(=O)OC(c1ccccc1)c1ccccc1. The predicted molar refractivity (Wildman–Crippen MR) is 141 cm³/mol. The van der Waals surface area contributed by atoms with Gasteiger partial charge in [-0.05, 0) is 16.7 Å². The summed E-state index contributed by atoms with van der Waals surface area (Å²) >= 11 is 1.35. The number of rotatable bonds is 9. The van der Waals surface area contributed by atoms with Crippen LogP contribution >= 0.6 is 11.8 Å². The van der Waals surface area contributed by atoms with Gasteiger partial charge >= 0.3 is 5.97 Å². The summed E-state index contributed by atoms with van der Waals surface area (Å²) in [5.41, 5.74) is 2.36. The van der Waals surface area contributed by atoms with E-state index in [-0.39, 0.29) is 24.6 Å². The average molecular weight is 531 g/mol. The highest BCUT2D eigenvalue weighted by molar-refractivity contribution is 8.00. The summed E-state index contributed by atoms with van der Waals surface area (Å²) in [6, 6.07) is 25.9. The Morgan fingerprint density at radius 1 is 0.947 bits per heavy atom. The van der Waals surface area contributed by atoms with E-state index in [4.69, 9.17) is 9.47 Å². The number of hydrogen-bond donors (Lipinski definition) is 1. The number of carbonyl (C=O) groups excluding carboxylic acids is 4. The number of nitrogens with zero attached hydrogens (tertiary/aromatic N) is 1. The molecule has 9 heteroatoms. The van der Waals surface area contributed by atoms with Gasteiger partial charge in [0.2, 0.25) is 11.8 Å². The van der Waals surface area contributed by atoms with Gasteiger partial charge in [0.05, 0.1) is 6.42 Å². The Hall–Kier alpha value is -4.11. The van der Waals surface area contributed by atoms with Gasteiger partial charge in [-0.15, -0.1) is 11.8 Å².